The summed E-state index contributed by atoms with van der Waals surface area (Å²) in [4.78, 5) is 0. The number of fused-ring (bicyclic) bond motifs is 4. The first-order chi connectivity index (χ1) is 12.0. The number of aryl methyl sites for hydroxylation is 2. The maximum atomic E-state index is 6.50. The average molecular weight is 415 g/mol. The van der Waals surface area contributed by atoms with Gasteiger partial charge in [-0.15, -0.1) is 0 Å². The molecule has 3 heteroatoms. The van der Waals surface area contributed by atoms with Gasteiger partial charge in [0.15, 0.2) is 0 Å². The minimum absolute atomic E-state index is 0.0491. The van der Waals surface area contributed by atoms with E-state index in [1.165, 1.54) is 37.8 Å². The minimum atomic E-state index is -1.78. The first-order valence-electron chi connectivity index (χ1n) is 9.26. The quantitative estimate of drug-likeness (QED) is 0.542. The van der Waals surface area contributed by atoms with E-state index in [1.54, 1.807) is 0 Å². The molecule has 2 aromatic rings. The van der Waals surface area contributed by atoms with Crippen LogP contribution in [-0.4, -0.2) is 18.5 Å². The van der Waals surface area contributed by atoms with Gasteiger partial charge in [0.25, 0.3) is 0 Å². The molecular formula is C23H28O2Se. The van der Waals surface area contributed by atoms with Crippen LogP contribution in [0.3, 0.4) is 0 Å². The Balaban J connectivity index is 1.95. The number of hydrogen-bond acceptors (Lipinski definition) is 2. The second-order valence-corrected chi connectivity index (χ2v) is 12.1. The van der Waals surface area contributed by atoms with E-state index in [1.807, 2.05) is 0 Å². The maximum absolute atomic E-state index is 6.50. The third-order valence-electron chi connectivity index (χ3n) is 5.06. The van der Waals surface area contributed by atoms with Gasteiger partial charge >= 0.3 is 162 Å². The van der Waals surface area contributed by atoms with Crippen molar-refractivity contribution in [3.63, 3.8) is 0 Å². The first kappa shape index (κ1) is 17.8. The summed E-state index contributed by atoms with van der Waals surface area (Å²) in [6.45, 7) is 17.9. The van der Waals surface area contributed by atoms with Gasteiger partial charge in [0.05, 0.1) is 0 Å². The van der Waals surface area contributed by atoms with E-state index in [-0.39, 0.29) is 10.8 Å². The fraction of sp³-hybridized carbons (Fsp3) is 0.435. The number of rotatable bonds is 0. The molecular weight excluding hydrogens is 387 g/mol. The molecule has 138 valence electrons. The Kier molecular flexibility index (Phi) is 3.75. The van der Waals surface area contributed by atoms with Crippen molar-refractivity contribution in [3.05, 3.63) is 57.6 Å². The van der Waals surface area contributed by atoms with Crippen molar-refractivity contribution in [1.29, 1.82) is 0 Å². The van der Waals surface area contributed by atoms with E-state index in [9.17, 15) is 0 Å². The Bertz CT molecular complexity index is 892. The van der Waals surface area contributed by atoms with Crippen molar-refractivity contribution in [2.45, 2.75) is 66.2 Å². The van der Waals surface area contributed by atoms with Crippen molar-refractivity contribution < 1.29 is 7.64 Å². The molecule has 4 rings (SSSR count). The molecule has 0 fully saturated rings. The van der Waals surface area contributed by atoms with Gasteiger partial charge in [0, 0.05) is 0 Å². The Morgan fingerprint density at radius 1 is 0.654 bits per heavy atom. The zero-order valence-electron chi connectivity index (χ0n) is 17.0. The van der Waals surface area contributed by atoms with Crippen LogP contribution in [0.15, 0.2) is 24.3 Å². The van der Waals surface area contributed by atoms with Crippen LogP contribution in [0.5, 0.6) is 11.5 Å². The molecule has 0 unspecified atom stereocenters. The molecule has 2 nitrogen and oxygen atoms in total. The normalized spacial score (nSPS) is 16.1. The van der Waals surface area contributed by atoms with Gasteiger partial charge in [0.2, 0.25) is 0 Å². The molecule has 0 spiro atoms. The summed E-state index contributed by atoms with van der Waals surface area (Å²) in [5, 5.41) is 0. The van der Waals surface area contributed by atoms with Crippen LogP contribution in [0, 0.1) is 13.8 Å². The van der Waals surface area contributed by atoms with Crippen LogP contribution in [0.4, 0.5) is 0 Å². The molecule has 0 N–H and O–H groups in total. The zero-order chi connectivity index (χ0) is 19.0. The third kappa shape index (κ3) is 2.64. The molecule has 2 heterocycles. The van der Waals surface area contributed by atoms with Crippen molar-refractivity contribution in [2.24, 2.45) is 0 Å². The van der Waals surface area contributed by atoms with E-state index in [2.05, 4.69) is 79.7 Å². The standard InChI is InChI=1S/C23H28O2Se/c1-13-9-15-19(17(11-13)22(3,4)5)24-26-21(15)16-10-14(2)12-18(20(16)25-26)23(6,7)8/h9-12H,1-8H3. The van der Waals surface area contributed by atoms with Crippen LogP contribution < -0.4 is 7.64 Å². The fourth-order valence-corrected chi connectivity index (χ4v) is 6.95. The van der Waals surface area contributed by atoms with Gasteiger partial charge in [-0.1, -0.05) is 0 Å². The van der Waals surface area contributed by atoms with Crippen LogP contribution in [0.1, 0.15) is 74.9 Å². The topological polar surface area (TPSA) is 18.5 Å². The summed E-state index contributed by atoms with van der Waals surface area (Å²) in [6, 6.07) is 9.09. The molecule has 0 atom stereocenters. The van der Waals surface area contributed by atoms with Gasteiger partial charge in [-0.05, 0) is 0 Å². The number of hydrogen-bond donors (Lipinski definition) is 0. The summed E-state index contributed by atoms with van der Waals surface area (Å²) >= 11 is -1.78. The van der Waals surface area contributed by atoms with Crippen molar-refractivity contribution >= 4 is 18.5 Å². The van der Waals surface area contributed by atoms with Crippen LogP contribution >= 0.6 is 0 Å². The fourth-order valence-electron chi connectivity index (χ4n) is 3.75. The monoisotopic (exact) mass is 416 g/mol. The molecule has 0 aliphatic carbocycles. The van der Waals surface area contributed by atoms with Crippen LogP contribution in [-0.2, 0) is 10.8 Å². The summed E-state index contributed by atoms with van der Waals surface area (Å²) in [6.07, 6.45) is 0. The van der Waals surface area contributed by atoms with Crippen molar-refractivity contribution in [3.8, 4) is 11.5 Å². The molecule has 26 heavy (non-hydrogen) atoms. The van der Waals surface area contributed by atoms with E-state index < -0.39 is 14.1 Å². The first-order valence-corrected chi connectivity index (χ1v) is 11.5. The van der Waals surface area contributed by atoms with Gasteiger partial charge in [-0.25, -0.2) is 0 Å². The molecule has 0 bridgehead atoms. The van der Waals surface area contributed by atoms with Gasteiger partial charge in [-0.3, -0.25) is 0 Å². The SMILES string of the molecule is Cc1cc2c(c(C(C)(C)C)c1)O[Se]1=C2c2cc(C)cc(C(C)(C)C)c2O1. The van der Waals surface area contributed by atoms with E-state index in [0.717, 1.165) is 11.5 Å². The summed E-state index contributed by atoms with van der Waals surface area (Å²) in [7, 11) is 0. The zero-order valence-corrected chi connectivity index (χ0v) is 18.7. The van der Waals surface area contributed by atoms with Gasteiger partial charge in [0.1, 0.15) is 0 Å². The van der Waals surface area contributed by atoms with E-state index >= 15 is 0 Å². The Morgan fingerprint density at radius 3 is 1.38 bits per heavy atom. The Labute approximate surface area is 161 Å². The molecule has 0 radical (unpaired) electrons. The Morgan fingerprint density at radius 2 is 1.04 bits per heavy atom. The molecule has 0 saturated heterocycles. The van der Waals surface area contributed by atoms with Crippen molar-refractivity contribution in [1.82, 2.24) is 0 Å². The van der Waals surface area contributed by atoms with Gasteiger partial charge in [-0.2, -0.15) is 0 Å². The predicted molar refractivity (Wildman–Crippen MR) is 110 cm³/mol. The predicted octanol–water partition coefficient (Wildman–Crippen LogP) is 5.32. The molecule has 2 aromatic carbocycles. The van der Waals surface area contributed by atoms with Crippen LogP contribution in [0.25, 0.3) is 0 Å². The van der Waals surface area contributed by atoms with E-state index in [4.69, 9.17) is 7.64 Å². The molecule has 0 saturated carbocycles. The molecule has 2 aliphatic rings. The second kappa shape index (κ2) is 5.47. The van der Waals surface area contributed by atoms with E-state index in [0.29, 0.717) is 0 Å². The number of benzene rings is 2. The molecule has 0 aromatic heterocycles. The Hall–Kier alpha value is -1.57. The summed E-state index contributed by atoms with van der Waals surface area (Å²) in [5.74, 6) is 2.10. The van der Waals surface area contributed by atoms with Crippen LogP contribution in [0.2, 0.25) is 0 Å². The van der Waals surface area contributed by atoms with Crippen molar-refractivity contribution in [2.75, 3.05) is 0 Å². The second-order valence-electron chi connectivity index (χ2n) is 9.61. The summed E-state index contributed by atoms with van der Waals surface area (Å²) < 4.78 is 14.3. The average Bonchev–Trinajstić information content (AvgIpc) is 3.00. The molecule has 2 aliphatic heterocycles. The summed E-state index contributed by atoms with van der Waals surface area (Å²) in [5.41, 5.74) is 7.75. The third-order valence-corrected chi connectivity index (χ3v) is 8.01. The molecule has 0 amide bonds. The van der Waals surface area contributed by atoms with Gasteiger partial charge < -0.3 is 0 Å².